The van der Waals surface area contributed by atoms with Crippen molar-refractivity contribution in [3.63, 3.8) is 0 Å². The number of nitrogens with one attached hydrogen (secondary N) is 1. The highest BCUT2D eigenvalue weighted by Crippen LogP contribution is 2.14. The zero-order valence-corrected chi connectivity index (χ0v) is 11.1. The van der Waals surface area contributed by atoms with E-state index in [-0.39, 0.29) is 0 Å². The van der Waals surface area contributed by atoms with E-state index in [1.165, 1.54) is 6.07 Å². The maximum atomic E-state index is 13.1. The molecule has 0 radical (unpaired) electrons. The Hall–Kier alpha value is -2.69. The van der Waals surface area contributed by atoms with Gasteiger partial charge in [0.25, 0.3) is 0 Å². The van der Waals surface area contributed by atoms with Crippen LogP contribution in [0.3, 0.4) is 0 Å². The maximum Gasteiger partial charge on any atom is 0.160 e. The molecule has 3 nitrogen and oxygen atoms in total. The minimum Gasteiger partial charge on any atom is -0.381 e. The summed E-state index contributed by atoms with van der Waals surface area (Å²) in [5.41, 5.74) is 2.45. The molecule has 0 bridgehead atoms. The van der Waals surface area contributed by atoms with Crippen LogP contribution in [-0.2, 0) is 6.54 Å². The van der Waals surface area contributed by atoms with Crippen molar-refractivity contribution in [3.05, 3.63) is 78.1 Å². The van der Waals surface area contributed by atoms with Crippen molar-refractivity contribution in [3.8, 4) is 5.69 Å². The molecule has 0 saturated heterocycles. The van der Waals surface area contributed by atoms with E-state index >= 15 is 0 Å². The van der Waals surface area contributed by atoms with E-state index in [2.05, 4.69) is 10.4 Å². The third-order valence-corrected chi connectivity index (χ3v) is 3.07. The Bertz CT molecular complexity index is 738. The molecule has 5 heteroatoms. The first-order valence-corrected chi connectivity index (χ1v) is 6.50. The number of aromatic nitrogens is 2. The van der Waals surface area contributed by atoms with Gasteiger partial charge in [0.1, 0.15) is 0 Å². The van der Waals surface area contributed by atoms with Gasteiger partial charge in [0.2, 0.25) is 0 Å². The molecule has 0 spiro atoms. The Morgan fingerprint density at radius 3 is 2.57 bits per heavy atom. The first-order valence-electron chi connectivity index (χ1n) is 6.50. The van der Waals surface area contributed by atoms with Crippen molar-refractivity contribution in [2.24, 2.45) is 0 Å². The number of halogens is 2. The lowest BCUT2D eigenvalue weighted by Crippen LogP contribution is -1.99. The summed E-state index contributed by atoms with van der Waals surface area (Å²) in [6.45, 7) is 0.484. The smallest absolute Gasteiger partial charge is 0.160 e. The van der Waals surface area contributed by atoms with Gasteiger partial charge in [-0.1, -0.05) is 18.2 Å². The SMILES string of the molecule is Fc1ccc(NCc2cnn(-c3ccccc3)c2)cc1F. The molecule has 106 valence electrons. The third kappa shape index (κ3) is 3.08. The molecule has 1 N–H and O–H groups in total. The zero-order chi connectivity index (χ0) is 14.7. The van der Waals surface area contributed by atoms with E-state index in [4.69, 9.17) is 0 Å². The maximum absolute atomic E-state index is 13.1. The molecule has 0 saturated carbocycles. The first kappa shape index (κ1) is 13.3. The summed E-state index contributed by atoms with van der Waals surface area (Å²) in [6.07, 6.45) is 3.63. The Kier molecular flexibility index (Phi) is 3.64. The summed E-state index contributed by atoms with van der Waals surface area (Å²) in [5.74, 6) is -1.71. The summed E-state index contributed by atoms with van der Waals surface area (Å²) >= 11 is 0. The molecule has 0 fully saturated rings. The Morgan fingerprint density at radius 1 is 1.00 bits per heavy atom. The number of rotatable bonds is 4. The van der Waals surface area contributed by atoms with Gasteiger partial charge in [-0.15, -0.1) is 0 Å². The van der Waals surface area contributed by atoms with Gasteiger partial charge in [0.05, 0.1) is 11.9 Å². The number of benzene rings is 2. The van der Waals surface area contributed by atoms with Crippen LogP contribution in [0.5, 0.6) is 0 Å². The molecule has 0 aliphatic rings. The summed E-state index contributed by atoms with van der Waals surface area (Å²) in [5, 5.41) is 7.31. The Labute approximate surface area is 120 Å². The second-order valence-electron chi connectivity index (χ2n) is 4.61. The van der Waals surface area contributed by atoms with E-state index in [9.17, 15) is 8.78 Å². The van der Waals surface area contributed by atoms with Crippen molar-refractivity contribution in [1.82, 2.24) is 9.78 Å². The molecule has 3 aromatic rings. The molecule has 2 aromatic carbocycles. The lowest BCUT2D eigenvalue weighted by molar-refractivity contribution is 0.509. The van der Waals surface area contributed by atoms with Gasteiger partial charge < -0.3 is 5.32 Å². The number of hydrogen-bond donors (Lipinski definition) is 1. The van der Waals surface area contributed by atoms with Gasteiger partial charge in [0, 0.05) is 30.1 Å². The lowest BCUT2D eigenvalue weighted by atomic mass is 10.3. The standard InChI is InChI=1S/C16H13F2N3/c17-15-7-6-13(8-16(15)18)19-9-12-10-20-21(11-12)14-4-2-1-3-5-14/h1-8,10-11,19H,9H2. The van der Waals surface area contributed by atoms with E-state index in [0.29, 0.717) is 12.2 Å². The fourth-order valence-corrected chi connectivity index (χ4v) is 1.98. The molecular formula is C16H13F2N3. The summed E-state index contributed by atoms with van der Waals surface area (Å²) in [6, 6.07) is 13.5. The fraction of sp³-hybridized carbons (Fsp3) is 0.0625. The third-order valence-electron chi connectivity index (χ3n) is 3.07. The molecule has 0 atom stereocenters. The number of para-hydroxylation sites is 1. The van der Waals surface area contributed by atoms with E-state index in [1.54, 1.807) is 10.9 Å². The van der Waals surface area contributed by atoms with Crippen LogP contribution in [0.1, 0.15) is 5.56 Å². The molecule has 3 rings (SSSR count). The van der Waals surface area contributed by atoms with Gasteiger partial charge in [-0.2, -0.15) is 5.10 Å². The van der Waals surface area contributed by atoms with Crippen LogP contribution < -0.4 is 5.32 Å². The van der Waals surface area contributed by atoms with Crippen LogP contribution in [-0.4, -0.2) is 9.78 Å². The van der Waals surface area contributed by atoms with Crippen molar-refractivity contribution in [2.75, 3.05) is 5.32 Å². The van der Waals surface area contributed by atoms with Crippen molar-refractivity contribution < 1.29 is 8.78 Å². The normalized spacial score (nSPS) is 10.6. The van der Waals surface area contributed by atoms with E-state index in [1.807, 2.05) is 36.5 Å². The number of anilines is 1. The van der Waals surface area contributed by atoms with E-state index < -0.39 is 11.6 Å². The molecule has 0 amide bonds. The molecule has 1 heterocycles. The van der Waals surface area contributed by atoms with Crippen LogP contribution in [0.4, 0.5) is 14.5 Å². The Balaban J connectivity index is 1.69. The quantitative estimate of drug-likeness (QED) is 0.791. The zero-order valence-electron chi connectivity index (χ0n) is 11.1. The molecular weight excluding hydrogens is 272 g/mol. The molecule has 0 aliphatic heterocycles. The predicted molar refractivity (Wildman–Crippen MR) is 77.2 cm³/mol. The number of hydrogen-bond acceptors (Lipinski definition) is 2. The van der Waals surface area contributed by atoms with Gasteiger partial charge in [0.15, 0.2) is 11.6 Å². The second-order valence-corrected chi connectivity index (χ2v) is 4.61. The first-order chi connectivity index (χ1) is 10.2. The van der Waals surface area contributed by atoms with Crippen LogP contribution >= 0.6 is 0 Å². The monoisotopic (exact) mass is 285 g/mol. The summed E-state index contributed by atoms with van der Waals surface area (Å²) < 4.78 is 27.7. The summed E-state index contributed by atoms with van der Waals surface area (Å²) in [7, 11) is 0. The van der Waals surface area contributed by atoms with Crippen LogP contribution in [0.15, 0.2) is 60.9 Å². The van der Waals surface area contributed by atoms with Gasteiger partial charge >= 0.3 is 0 Å². The minimum absolute atomic E-state index is 0.484. The van der Waals surface area contributed by atoms with Gasteiger partial charge in [-0.05, 0) is 24.3 Å². The van der Waals surface area contributed by atoms with Gasteiger partial charge in [-0.3, -0.25) is 0 Å². The molecule has 0 aliphatic carbocycles. The number of nitrogens with zero attached hydrogens (tertiary/aromatic N) is 2. The lowest BCUT2D eigenvalue weighted by Gasteiger charge is -2.05. The largest absolute Gasteiger partial charge is 0.381 e. The summed E-state index contributed by atoms with van der Waals surface area (Å²) in [4.78, 5) is 0. The predicted octanol–water partition coefficient (Wildman–Crippen LogP) is 3.76. The van der Waals surface area contributed by atoms with Crippen LogP contribution in [0.2, 0.25) is 0 Å². The van der Waals surface area contributed by atoms with Crippen molar-refractivity contribution >= 4 is 5.69 Å². The van der Waals surface area contributed by atoms with Crippen molar-refractivity contribution in [1.29, 1.82) is 0 Å². The molecule has 1 aromatic heterocycles. The highest BCUT2D eigenvalue weighted by Gasteiger charge is 2.04. The van der Waals surface area contributed by atoms with Crippen molar-refractivity contribution in [2.45, 2.75) is 6.54 Å². The fourth-order valence-electron chi connectivity index (χ4n) is 1.98. The average Bonchev–Trinajstić information content (AvgIpc) is 2.98. The highest BCUT2D eigenvalue weighted by atomic mass is 19.2. The van der Waals surface area contributed by atoms with Gasteiger partial charge in [-0.25, -0.2) is 13.5 Å². The van der Waals surface area contributed by atoms with E-state index in [0.717, 1.165) is 23.4 Å². The van der Waals surface area contributed by atoms with Crippen LogP contribution in [0, 0.1) is 11.6 Å². The second kappa shape index (κ2) is 5.75. The Morgan fingerprint density at radius 2 is 1.81 bits per heavy atom. The van der Waals surface area contributed by atoms with Crippen LogP contribution in [0.25, 0.3) is 5.69 Å². The molecule has 21 heavy (non-hydrogen) atoms. The topological polar surface area (TPSA) is 29.9 Å². The highest BCUT2D eigenvalue weighted by molar-refractivity contribution is 5.44. The molecule has 0 unspecified atom stereocenters. The average molecular weight is 285 g/mol. The minimum atomic E-state index is -0.861.